The Hall–Kier alpha value is -4.04. The largest absolute Gasteiger partial charge is 0.495 e. The second-order valence-corrected chi connectivity index (χ2v) is 9.10. The van der Waals surface area contributed by atoms with Crippen molar-refractivity contribution in [2.24, 2.45) is 0 Å². The fourth-order valence-electron chi connectivity index (χ4n) is 4.23. The van der Waals surface area contributed by atoms with Crippen molar-refractivity contribution < 1.29 is 14.2 Å². The predicted molar refractivity (Wildman–Crippen MR) is 152 cm³/mol. The minimum atomic E-state index is -0.180. The Morgan fingerprint density at radius 1 is 0.919 bits per heavy atom. The van der Waals surface area contributed by atoms with Gasteiger partial charge in [0.1, 0.15) is 5.75 Å². The van der Waals surface area contributed by atoms with E-state index in [4.69, 9.17) is 26.4 Å². The summed E-state index contributed by atoms with van der Waals surface area (Å²) in [5, 5.41) is 4.65. The number of H-pyrrole nitrogens is 1. The lowest BCUT2D eigenvalue weighted by Crippen LogP contribution is -2.37. The lowest BCUT2D eigenvalue weighted by molar-refractivity contribution is 0.355. The number of aryl methyl sites for hydroxylation is 1. The lowest BCUT2D eigenvalue weighted by atomic mass is 10.1. The topological polar surface area (TPSA) is 75.8 Å². The molecule has 2 N–H and O–H groups in total. The van der Waals surface area contributed by atoms with Gasteiger partial charge in [-0.2, -0.15) is 0 Å². The van der Waals surface area contributed by atoms with Gasteiger partial charge in [-0.3, -0.25) is 4.79 Å². The van der Waals surface area contributed by atoms with Crippen LogP contribution in [-0.4, -0.2) is 42.9 Å². The van der Waals surface area contributed by atoms with E-state index < -0.39 is 0 Å². The lowest BCUT2D eigenvalue weighted by Gasteiger charge is -2.26. The van der Waals surface area contributed by atoms with Crippen LogP contribution in [0.4, 0.5) is 5.69 Å². The average molecular weight is 518 g/mol. The van der Waals surface area contributed by atoms with E-state index in [2.05, 4.69) is 41.5 Å². The fourth-order valence-corrected chi connectivity index (χ4v) is 4.49. The Bertz CT molecular complexity index is 1470. The van der Waals surface area contributed by atoms with Gasteiger partial charge in [0, 0.05) is 23.6 Å². The number of anilines is 1. The van der Waals surface area contributed by atoms with E-state index >= 15 is 0 Å². The van der Waals surface area contributed by atoms with E-state index in [9.17, 15) is 4.79 Å². The molecule has 192 valence electrons. The van der Waals surface area contributed by atoms with Gasteiger partial charge in [-0.05, 0) is 55.4 Å². The third kappa shape index (κ3) is 6.21. The van der Waals surface area contributed by atoms with Crippen LogP contribution in [0.5, 0.6) is 17.2 Å². The highest BCUT2D eigenvalue weighted by atomic mass is 32.1. The van der Waals surface area contributed by atoms with E-state index in [1.54, 1.807) is 27.4 Å². The fraction of sp³-hybridized carbons (Fsp3) is 0.241. The van der Waals surface area contributed by atoms with Crippen LogP contribution >= 0.6 is 12.2 Å². The standard InChI is InChI=1S/C29H31N3O4S/c1-19-8-7-9-20(14-19)12-13-32(29(37)31-23-10-5-6-11-25(23)34-2)18-22-15-21-16-26(35-3)27(36-4)17-24(21)30-28(22)33/h5-11,14-17H,12-13,18H2,1-4H3,(H,30,33)(H,31,37). The van der Waals surface area contributed by atoms with Gasteiger partial charge >= 0.3 is 0 Å². The normalized spacial score (nSPS) is 10.7. The number of rotatable bonds is 9. The summed E-state index contributed by atoms with van der Waals surface area (Å²) in [6, 6.07) is 21.5. The van der Waals surface area contributed by atoms with Crippen molar-refractivity contribution in [2.45, 2.75) is 19.9 Å². The molecule has 4 rings (SSSR count). The maximum absolute atomic E-state index is 13.1. The molecule has 0 spiro atoms. The first kappa shape index (κ1) is 26.0. The van der Waals surface area contributed by atoms with Crippen molar-refractivity contribution in [3.63, 3.8) is 0 Å². The first-order chi connectivity index (χ1) is 17.9. The van der Waals surface area contributed by atoms with Gasteiger partial charge in [0.05, 0.1) is 39.1 Å². The number of thiocarbonyl (C=S) groups is 1. The zero-order chi connectivity index (χ0) is 26.4. The molecule has 37 heavy (non-hydrogen) atoms. The molecule has 0 amide bonds. The molecule has 0 saturated heterocycles. The maximum atomic E-state index is 13.1. The van der Waals surface area contributed by atoms with Crippen LogP contribution in [0.3, 0.4) is 0 Å². The van der Waals surface area contributed by atoms with Crippen molar-refractivity contribution in [3.8, 4) is 17.2 Å². The molecule has 0 atom stereocenters. The average Bonchev–Trinajstić information content (AvgIpc) is 2.90. The minimum Gasteiger partial charge on any atom is -0.495 e. The second kappa shape index (κ2) is 11.8. The number of aromatic nitrogens is 1. The SMILES string of the molecule is COc1ccccc1NC(=S)N(CCc1cccc(C)c1)Cc1cc2cc(OC)c(OC)cc2[nH]c1=O. The molecule has 4 aromatic rings. The summed E-state index contributed by atoms with van der Waals surface area (Å²) < 4.78 is 16.3. The Morgan fingerprint density at radius 3 is 2.38 bits per heavy atom. The van der Waals surface area contributed by atoms with Gasteiger partial charge in [-0.1, -0.05) is 42.0 Å². The van der Waals surface area contributed by atoms with Gasteiger partial charge in [0.15, 0.2) is 16.6 Å². The van der Waals surface area contributed by atoms with Crippen LogP contribution in [0.15, 0.2) is 71.5 Å². The molecular formula is C29H31N3O4S. The highest BCUT2D eigenvalue weighted by molar-refractivity contribution is 7.80. The van der Waals surface area contributed by atoms with Crippen LogP contribution in [0.1, 0.15) is 16.7 Å². The summed E-state index contributed by atoms with van der Waals surface area (Å²) >= 11 is 5.83. The Kier molecular flexibility index (Phi) is 8.30. The third-order valence-electron chi connectivity index (χ3n) is 6.18. The summed E-state index contributed by atoms with van der Waals surface area (Å²) in [6.07, 6.45) is 0.770. The van der Waals surface area contributed by atoms with Gasteiger partial charge < -0.3 is 29.4 Å². The number of fused-ring (bicyclic) bond motifs is 1. The van der Waals surface area contributed by atoms with Crippen LogP contribution in [0.25, 0.3) is 10.9 Å². The first-order valence-corrected chi connectivity index (χ1v) is 12.3. The number of para-hydroxylation sites is 2. The zero-order valence-electron chi connectivity index (χ0n) is 21.5. The molecule has 0 aliphatic carbocycles. The smallest absolute Gasteiger partial charge is 0.253 e. The molecule has 0 radical (unpaired) electrons. The zero-order valence-corrected chi connectivity index (χ0v) is 22.3. The highest BCUT2D eigenvalue weighted by Gasteiger charge is 2.16. The monoisotopic (exact) mass is 517 g/mol. The Balaban J connectivity index is 1.65. The van der Waals surface area contributed by atoms with Crippen LogP contribution in [0.2, 0.25) is 0 Å². The van der Waals surface area contributed by atoms with Crippen LogP contribution in [0, 0.1) is 6.92 Å². The molecular weight excluding hydrogens is 486 g/mol. The second-order valence-electron chi connectivity index (χ2n) is 8.71. The summed E-state index contributed by atoms with van der Waals surface area (Å²) in [5.74, 6) is 1.84. The third-order valence-corrected chi connectivity index (χ3v) is 6.54. The van der Waals surface area contributed by atoms with Crippen LogP contribution in [-0.2, 0) is 13.0 Å². The quantitative estimate of drug-likeness (QED) is 0.292. The van der Waals surface area contributed by atoms with Crippen molar-refractivity contribution in [3.05, 3.63) is 93.8 Å². The number of methoxy groups -OCH3 is 3. The molecule has 1 aromatic heterocycles. The molecule has 3 aromatic carbocycles. The number of aromatic amines is 1. The van der Waals surface area contributed by atoms with Gasteiger partial charge in [0.25, 0.3) is 5.56 Å². The molecule has 0 unspecified atom stereocenters. The number of hydrogen-bond acceptors (Lipinski definition) is 5. The van der Waals surface area contributed by atoms with E-state index in [-0.39, 0.29) is 5.56 Å². The van der Waals surface area contributed by atoms with Crippen molar-refractivity contribution in [1.29, 1.82) is 0 Å². The van der Waals surface area contributed by atoms with Gasteiger partial charge in [-0.25, -0.2) is 0 Å². The molecule has 0 aliphatic rings. The molecule has 8 heteroatoms. The number of hydrogen-bond donors (Lipinski definition) is 2. The highest BCUT2D eigenvalue weighted by Crippen LogP contribution is 2.31. The summed E-state index contributed by atoms with van der Waals surface area (Å²) in [4.78, 5) is 18.1. The summed E-state index contributed by atoms with van der Waals surface area (Å²) in [6.45, 7) is 3.02. The number of pyridine rings is 1. The van der Waals surface area contributed by atoms with E-state index in [1.165, 1.54) is 11.1 Å². The molecule has 0 fully saturated rings. The number of nitrogens with zero attached hydrogens (tertiary/aromatic N) is 1. The van der Waals surface area contributed by atoms with Crippen LogP contribution < -0.4 is 25.1 Å². The van der Waals surface area contributed by atoms with Crippen molar-refractivity contribution >= 4 is 33.9 Å². The first-order valence-electron chi connectivity index (χ1n) is 11.9. The molecule has 0 bridgehead atoms. The Labute approximate surface area is 222 Å². The van der Waals surface area contributed by atoms with Crippen molar-refractivity contribution in [1.82, 2.24) is 9.88 Å². The summed E-state index contributed by atoms with van der Waals surface area (Å²) in [5.41, 5.74) is 4.25. The van der Waals surface area contributed by atoms with E-state index in [0.29, 0.717) is 46.5 Å². The molecule has 0 saturated carbocycles. The van der Waals surface area contributed by atoms with Gasteiger partial charge in [0.2, 0.25) is 0 Å². The van der Waals surface area contributed by atoms with Gasteiger partial charge in [-0.15, -0.1) is 0 Å². The van der Waals surface area contributed by atoms with Crippen molar-refractivity contribution in [2.75, 3.05) is 33.2 Å². The summed E-state index contributed by atoms with van der Waals surface area (Å²) in [7, 11) is 4.78. The van der Waals surface area contributed by atoms with E-state index in [0.717, 1.165) is 17.5 Å². The maximum Gasteiger partial charge on any atom is 0.253 e. The predicted octanol–water partition coefficient (Wildman–Crippen LogP) is 5.30. The number of nitrogens with one attached hydrogen (secondary N) is 2. The minimum absolute atomic E-state index is 0.180. The molecule has 0 aliphatic heterocycles. The number of benzene rings is 3. The number of ether oxygens (including phenoxy) is 3. The van der Waals surface area contributed by atoms with E-state index in [1.807, 2.05) is 41.3 Å². The Morgan fingerprint density at radius 2 is 1.65 bits per heavy atom. The molecule has 7 nitrogen and oxygen atoms in total. The molecule has 1 heterocycles.